The van der Waals surface area contributed by atoms with E-state index in [4.69, 9.17) is 16.0 Å². The monoisotopic (exact) mass is 378 g/mol. The molecule has 0 aliphatic rings. The Hall–Kier alpha value is -1.02. The van der Waals surface area contributed by atoms with Crippen molar-refractivity contribution in [1.29, 1.82) is 0 Å². The fraction of sp³-hybridized carbons (Fsp3) is 0.167. The Labute approximate surface area is 130 Å². The molecule has 1 aromatic carbocycles. The van der Waals surface area contributed by atoms with E-state index in [0.717, 1.165) is 10.2 Å². The van der Waals surface area contributed by atoms with E-state index in [2.05, 4.69) is 26.0 Å². The third-order valence-corrected chi connectivity index (χ3v) is 5.06. The Morgan fingerprint density at radius 3 is 2.70 bits per heavy atom. The Morgan fingerprint density at radius 1 is 1.30 bits per heavy atom. The third kappa shape index (κ3) is 3.54. The maximum absolute atomic E-state index is 11.5. The van der Waals surface area contributed by atoms with Crippen LogP contribution in [0.5, 0.6) is 0 Å². The zero-order chi connectivity index (χ0) is 14.8. The number of hydrogen-bond acceptors (Lipinski definition) is 4. The molecule has 108 valence electrons. The lowest BCUT2D eigenvalue weighted by molar-refractivity contribution is 0.417. The number of sulfonamides is 1. The average molecular weight is 380 g/mol. The Balaban J connectivity index is 2.06. The van der Waals surface area contributed by atoms with Crippen molar-refractivity contribution < 1.29 is 12.8 Å². The summed E-state index contributed by atoms with van der Waals surface area (Å²) in [5.41, 5.74) is 0.843. The second kappa shape index (κ2) is 6.17. The maximum atomic E-state index is 11.5. The van der Waals surface area contributed by atoms with Gasteiger partial charge in [0, 0.05) is 10.2 Å². The van der Waals surface area contributed by atoms with Crippen LogP contribution in [-0.2, 0) is 16.6 Å². The highest BCUT2D eigenvalue weighted by atomic mass is 79.9. The number of nitrogens with one attached hydrogen (secondary N) is 2. The number of anilines is 1. The molecule has 0 amide bonds. The zero-order valence-electron chi connectivity index (χ0n) is 10.5. The third-order valence-electron chi connectivity index (χ3n) is 2.56. The van der Waals surface area contributed by atoms with Crippen molar-refractivity contribution >= 4 is 43.2 Å². The quantitative estimate of drug-likeness (QED) is 0.837. The first-order valence-electron chi connectivity index (χ1n) is 5.63. The second-order valence-corrected chi connectivity index (χ2v) is 6.99. The van der Waals surface area contributed by atoms with Crippen LogP contribution in [0.3, 0.4) is 0 Å². The van der Waals surface area contributed by atoms with Crippen LogP contribution in [0.1, 0.15) is 5.76 Å². The number of halogens is 2. The summed E-state index contributed by atoms with van der Waals surface area (Å²) in [6.07, 6.45) is 0. The van der Waals surface area contributed by atoms with Crippen molar-refractivity contribution in [3.63, 3.8) is 0 Å². The minimum atomic E-state index is -3.54. The fourth-order valence-corrected chi connectivity index (χ4v) is 2.66. The Bertz CT molecular complexity index is 715. The highest BCUT2D eigenvalue weighted by molar-refractivity contribution is 9.10. The van der Waals surface area contributed by atoms with Crippen LogP contribution in [0.25, 0.3) is 0 Å². The molecular formula is C12H12BrClN2O3S. The fourth-order valence-electron chi connectivity index (χ4n) is 1.49. The molecular weight excluding hydrogens is 368 g/mol. The molecule has 0 unspecified atom stereocenters. The second-order valence-electron chi connectivity index (χ2n) is 3.91. The molecule has 0 spiro atoms. The number of rotatable bonds is 5. The molecule has 0 radical (unpaired) electrons. The predicted molar refractivity (Wildman–Crippen MR) is 81.4 cm³/mol. The normalized spacial score (nSPS) is 11.6. The molecule has 2 aromatic rings. The van der Waals surface area contributed by atoms with E-state index in [-0.39, 0.29) is 5.09 Å². The van der Waals surface area contributed by atoms with Crippen LogP contribution in [0.4, 0.5) is 5.69 Å². The lowest BCUT2D eigenvalue weighted by Gasteiger charge is -2.05. The molecule has 8 heteroatoms. The Morgan fingerprint density at radius 2 is 2.05 bits per heavy atom. The molecule has 20 heavy (non-hydrogen) atoms. The summed E-state index contributed by atoms with van der Waals surface area (Å²) < 4.78 is 31.3. The molecule has 0 fully saturated rings. The largest absolute Gasteiger partial charge is 0.446 e. The number of benzene rings is 1. The van der Waals surface area contributed by atoms with Crippen molar-refractivity contribution in [2.24, 2.45) is 0 Å². The minimum Gasteiger partial charge on any atom is -0.446 e. The molecule has 2 N–H and O–H groups in total. The van der Waals surface area contributed by atoms with Crippen molar-refractivity contribution in [3.8, 4) is 0 Å². The molecule has 1 aromatic heterocycles. The van der Waals surface area contributed by atoms with E-state index in [1.165, 1.54) is 13.1 Å². The topological polar surface area (TPSA) is 71.3 Å². The van der Waals surface area contributed by atoms with E-state index in [1.54, 1.807) is 12.1 Å². The minimum absolute atomic E-state index is 0.103. The molecule has 5 nitrogen and oxygen atoms in total. The zero-order valence-corrected chi connectivity index (χ0v) is 13.6. The predicted octanol–water partition coefficient (Wildman–Crippen LogP) is 3.22. The van der Waals surface area contributed by atoms with Crippen molar-refractivity contribution in [2.45, 2.75) is 11.6 Å². The van der Waals surface area contributed by atoms with Crippen LogP contribution >= 0.6 is 27.5 Å². The summed E-state index contributed by atoms with van der Waals surface area (Å²) in [5.74, 6) is 0.518. The highest BCUT2D eigenvalue weighted by Crippen LogP contribution is 2.26. The summed E-state index contributed by atoms with van der Waals surface area (Å²) in [6.45, 7) is 0.368. The summed E-state index contributed by atoms with van der Waals surface area (Å²) in [6, 6.07) is 8.44. The molecule has 1 heterocycles. The van der Waals surface area contributed by atoms with Crippen molar-refractivity contribution in [1.82, 2.24) is 4.72 Å². The summed E-state index contributed by atoms with van der Waals surface area (Å²) in [4.78, 5) is 0. The van der Waals surface area contributed by atoms with Crippen LogP contribution in [0, 0.1) is 0 Å². The van der Waals surface area contributed by atoms with E-state index in [9.17, 15) is 8.42 Å². The van der Waals surface area contributed by atoms with Gasteiger partial charge >= 0.3 is 0 Å². The van der Waals surface area contributed by atoms with Crippen LogP contribution < -0.4 is 10.0 Å². The van der Waals surface area contributed by atoms with Gasteiger partial charge in [0.05, 0.1) is 11.6 Å². The van der Waals surface area contributed by atoms with Gasteiger partial charge in [-0.15, -0.1) is 0 Å². The smallest absolute Gasteiger partial charge is 0.273 e. The maximum Gasteiger partial charge on any atom is 0.273 e. The van der Waals surface area contributed by atoms with Crippen LogP contribution in [-0.4, -0.2) is 15.5 Å². The Kier molecular flexibility index (Phi) is 4.74. The van der Waals surface area contributed by atoms with Crippen LogP contribution in [0.2, 0.25) is 5.02 Å². The standard InChI is InChI=1S/C12H12BrClN2O3S/c1-15-20(17,18)12-5-3-9(19-12)7-16-8-2-4-11(14)10(13)6-8/h2-6,15-16H,7H2,1H3. The lowest BCUT2D eigenvalue weighted by Crippen LogP contribution is -2.17. The van der Waals surface area contributed by atoms with Gasteiger partial charge in [0.1, 0.15) is 5.76 Å². The van der Waals surface area contributed by atoms with Gasteiger partial charge in [0.25, 0.3) is 10.0 Å². The van der Waals surface area contributed by atoms with Crippen LogP contribution in [0.15, 0.2) is 44.3 Å². The summed E-state index contributed by atoms with van der Waals surface area (Å²) in [7, 11) is -2.21. The van der Waals surface area contributed by atoms with Gasteiger partial charge in [-0.25, -0.2) is 13.1 Å². The SMILES string of the molecule is CNS(=O)(=O)c1ccc(CNc2ccc(Cl)c(Br)c2)o1. The van der Waals surface area contributed by atoms with E-state index < -0.39 is 10.0 Å². The first kappa shape index (κ1) is 15.4. The number of furan rings is 1. The van der Waals surface area contributed by atoms with Crippen molar-refractivity contribution in [3.05, 3.63) is 45.6 Å². The first-order valence-corrected chi connectivity index (χ1v) is 8.29. The molecule has 0 aliphatic heterocycles. The molecule has 0 atom stereocenters. The average Bonchev–Trinajstić information content (AvgIpc) is 2.90. The van der Waals surface area contributed by atoms with Gasteiger partial charge in [-0.2, -0.15) is 0 Å². The first-order chi connectivity index (χ1) is 9.42. The van der Waals surface area contributed by atoms with E-state index in [1.807, 2.05) is 12.1 Å². The molecule has 0 saturated heterocycles. The van der Waals surface area contributed by atoms with Gasteiger partial charge in [-0.3, -0.25) is 0 Å². The van der Waals surface area contributed by atoms with Crippen molar-refractivity contribution in [2.75, 3.05) is 12.4 Å². The van der Waals surface area contributed by atoms with Gasteiger partial charge in [0.2, 0.25) is 5.09 Å². The van der Waals surface area contributed by atoms with Gasteiger partial charge in [0.15, 0.2) is 0 Å². The van der Waals surface area contributed by atoms with E-state index in [0.29, 0.717) is 17.3 Å². The molecule has 0 saturated carbocycles. The molecule has 0 bridgehead atoms. The number of hydrogen-bond donors (Lipinski definition) is 2. The molecule has 2 rings (SSSR count). The summed E-state index contributed by atoms with van der Waals surface area (Å²) in [5, 5.41) is 3.63. The van der Waals surface area contributed by atoms with Gasteiger partial charge < -0.3 is 9.73 Å². The van der Waals surface area contributed by atoms with E-state index >= 15 is 0 Å². The highest BCUT2D eigenvalue weighted by Gasteiger charge is 2.16. The van der Waals surface area contributed by atoms with Gasteiger partial charge in [-0.1, -0.05) is 11.6 Å². The summed E-state index contributed by atoms with van der Waals surface area (Å²) >= 11 is 9.23. The molecule has 0 aliphatic carbocycles. The van der Waals surface area contributed by atoms with Gasteiger partial charge in [-0.05, 0) is 53.3 Å². The lowest BCUT2D eigenvalue weighted by atomic mass is 10.3.